The second-order valence-corrected chi connectivity index (χ2v) is 14.8. The van der Waals surface area contributed by atoms with Crippen LogP contribution >= 0.6 is 0 Å². The zero-order chi connectivity index (χ0) is 38.6. The van der Waals surface area contributed by atoms with E-state index in [0.717, 1.165) is 73.0 Å². The lowest BCUT2D eigenvalue weighted by molar-refractivity contribution is 0.436. The van der Waals surface area contributed by atoms with Gasteiger partial charge in [-0.05, 0) is 87.0 Å². The van der Waals surface area contributed by atoms with E-state index in [1.54, 1.807) is 0 Å². The Bertz CT molecular complexity index is 2990. The monoisotopic (exact) mass is 739 g/mol. The molecule has 9 aromatic rings. The Kier molecular flexibility index (Phi) is 7.74. The number of hydrogen-bond acceptors (Lipinski definition) is 4. The van der Waals surface area contributed by atoms with Gasteiger partial charge in [0.05, 0.1) is 28.4 Å². The summed E-state index contributed by atoms with van der Waals surface area (Å²) < 4.78 is 6.65. The van der Waals surface area contributed by atoms with Gasteiger partial charge < -0.3 is 4.74 Å². The summed E-state index contributed by atoms with van der Waals surface area (Å²) in [5.74, 6) is 2.27. The maximum Gasteiger partial charge on any atom is 0.160 e. The van der Waals surface area contributed by atoms with Gasteiger partial charge in [0, 0.05) is 27.8 Å². The van der Waals surface area contributed by atoms with Gasteiger partial charge in [0.1, 0.15) is 11.5 Å². The summed E-state index contributed by atoms with van der Waals surface area (Å²) >= 11 is 0. The van der Waals surface area contributed by atoms with Crippen molar-refractivity contribution in [1.82, 2.24) is 9.97 Å². The van der Waals surface area contributed by atoms with Crippen molar-refractivity contribution >= 4 is 0 Å². The SMILES string of the molecule is N#Cc1ccc2c(c1)C1(c3cc(-c4ccc(-c5cccc(-c6nc(-c7ccccc7)cc(-c7ccccc7)n6)c5)cc4)ccc3O2)c2ccccc2-c2ccccc21. The molecule has 4 heteroatoms. The molecule has 2 heterocycles. The minimum atomic E-state index is -0.653. The van der Waals surface area contributed by atoms with Crippen LogP contribution in [0.25, 0.3) is 67.3 Å². The van der Waals surface area contributed by atoms with Gasteiger partial charge in [-0.3, -0.25) is 0 Å². The molecule has 58 heavy (non-hydrogen) atoms. The fraction of sp³-hybridized carbons (Fsp3) is 0.0185. The Morgan fingerprint density at radius 3 is 1.47 bits per heavy atom. The number of nitriles is 1. The van der Waals surface area contributed by atoms with E-state index in [4.69, 9.17) is 14.7 Å². The highest BCUT2D eigenvalue weighted by molar-refractivity contribution is 5.89. The van der Waals surface area contributed by atoms with Crippen molar-refractivity contribution < 1.29 is 4.74 Å². The van der Waals surface area contributed by atoms with Crippen LogP contribution in [0.1, 0.15) is 27.8 Å². The summed E-state index contributed by atoms with van der Waals surface area (Å²) in [5.41, 5.74) is 16.0. The Labute approximate surface area is 337 Å². The summed E-state index contributed by atoms with van der Waals surface area (Å²) in [4.78, 5) is 10.1. The van der Waals surface area contributed by atoms with Crippen LogP contribution in [0.5, 0.6) is 11.5 Å². The van der Waals surface area contributed by atoms with Crippen LogP contribution in [0.2, 0.25) is 0 Å². The van der Waals surface area contributed by atoms with E-state index in [-0.39, 0.29) is 0 Å². The van der Waals surface area contributed by atoms with E-state index in [2.05, 4.69) is 152 Å². The molecule has 0 atom stereocenters. The van der Waals surface area contributed by atoms with Crippen LogP contribution in [-0.2, 0) is 5.41 Å². The highest BCUT2D eigenvalue weighted by atomic mass is 16.5. The average Bonchev–Trinajstić information content (AvgIpc) is 3.60. The number of ether oxygens (including phenoxy) is 1. The van der Waals surface area contributed by atoms with E-state index in [1.807, 2.05) is 54.6 Å². The molecule has 1 aromatic heterocycles. The lowest BCUT2D eigenvalue weighted by Gasteiger charge is -2.39. The zero-order valence-electron chi connectivity index (χ0n) is 31.3. The first-order chi connectivity index (χ1) is 28.7. The molecule has 2 aliphatic rings. The van der Waals surface area contributed by atoms with E-state index in [9.17, 15) is 5.26 Å². The van der Waals surface area contributed by atoms with Gasteiger partial charge in [0.25, 0.3) is 0 Å². The highest BCUT2D eigenvalue weighted by Gasteiger charge is 2.51. The van der Waals surface area contributed by atoms with E-state index < -0.39 is 5.41 Å². The average molecular weight is 740 g/mol. The smallest absolute Gasteiger partial charge is 0.160 e. The molecule has 0 unspecified atom stereocenters. The molecular weight excluding hydrogens is 707 g/mol. The zero-order valence-corrected chi connectivity index (χ0v) is 31.3. The fourth-order valence-corrected chi connectivity index (χ4v) is 8.94. The molecule has 8 aromatic carbocycles. The van der Waals surface area contributed by atoms with Crippen molar-refractivity contribution in [3.8, 4) is 84.9 Å². The topological polar surface area (TPSA) is 58.8 Å². The Hall–Kier alpha value is -7.87. The van der Waals surface area contributed by atoms with E-state index >= 15 is 0 Å². The molecule has 270 valence electrons. The van der Waals surface area contributed by atoms with Gasteiger partial charge in [0.15, 0.2) is 5.82 Å². The second kappa shape index (κ2) is 13.4. The Balaban J connectivity index is 0.994. The molecular formula is C54H33N3O. The van der Waals surface area contributed by atoms with Gasteiger partial charge in [-0.1, -0.05) is 158 Å². The maximum absolute atomic E-state index is 10.0. The third-order valence-electron chi connectivity index (χ3n) is 11.6. The van der Waals surface area contributed by atoms with Gasteiger partial charge in [-0.25, -0.2) is 9.97 Å². The number of hydrogen-bond donors (Lipinski definition) is 0. The molecule has 0 saturated carbocycles. The summed E-state index contributed by atoms with van der Waals surface area (Å²) in [5, 5.41) is 10.0. The van der Waals surface area contributed by atoms with Gasteiger partial charge >= 0.3 is 0 Å². The first-order valence-corrected chi connectivity index (χ1v) is 19.4. The summed E-state index contributed by atoms with van der Waals surface area (Å²) in [6.07, 6.45) is 0. The number of aromatic nitrogens is 2. The molecule has 1 spiro atoms. The number of fused-ring (bicyclic) bond motifs is 9. The van der Waals surface area contributed by atoms with Crippen LogP contribution in [-0.4, -0.2) is 9.97 Å². The normalized spacial score (nSPS) is 12.7. The minimum absolute atomic E-state index is 0.606. The molecule has 4 nitrogen and oxygen atoms in total. The predicted molar refractivity (Wildman–Crippen MR) is 231 cm³/mol. The lowest BCUT2D eigenvalue weighted by Crippen LogP contribution is -2.32. The van der Waals surface area contributed by atoms with Gasteiger partial charge in [-0.2, -0.15) is 5.26 Å². The summed E-state index contributed by atoms with van der Waals surface area (Å²) in [7, 11) is 0. The van der Waals surface area contributed by atoms with Crippen molar-refractivity contribution in [1.29, 1.82) is 5.26 Å². The van der Waals surface area contributed by atoms with Gasteiger partial charge in [-0.15, -0.1) is 0 Å². The van der Waals surface area contributed by atoms with Crippen molar-refractivity contribution in [2.75, 3.05) is 0 Å². The van der Waals surface area contributed by atoms with Crippen LogP contribution in [0.3, 0.4) is 0 Å². The predicted octanol–water partition coefficient (Wildman–Crippen LogP) is 13.2. The third-order valence-corrected chi connectivity index (χ3v) is 11.6. The first kappa shape index (κ1) is 33.5. The lowest BCUT2D eigenvalue weighted by atomic mass is 9.65. The second-order valence-electron chi connectivity index (χ2n) is 14.8. The van der Waals surface area contributed by atoms with Crippen molar-refractivity contribution in [3.05, 3.63) is 228 Å². The molecule has 0 amide bonds. The maximum atomic E-state index is 10.0. The van der Waals surface area contributed by atoms with E-state index in [0.29, 0.717) is 11.4 Å². The highest BCUT2D eigenvalue weighted by Crippen LogP contribution is 2.62. The number of benzene rings is 8. The van der Waals surface area contributed by atoms with E-state index in [1.165, 1.54) is 22.3 Å². The van der Waals surface area contributed by atoms with Crippen LogP contribution in [0, 0.1) is 11.3 Å². The number of rotatable bonds is 5. The largest absolute Gasteiger partial charge is 0.457 e. The molecule has 11 rings (SSSR count). The van der Waals surface area contributed by atoms with Gasteiger partial charge in [0.2, 0.25) is 0 Å². The molecule has 0 N–H and O–H groups in total. The minimum Gasteiger partial charge on any atom is -0.457 e. The molecule has 0 fully saturated rings. The van der Waals surface area contributed by atoms with Crippen LogP contribution in [0.4, 0.5) is 0 Å². The molecule has 0 bridgehead atoms. The Morgan fingerprint density at radius 1 is 0.379 bits per heavy atom. The van der Waals surface area contributed by atoms with Crippen molar-refractivity contribution in [2.24, 2.45) is 0 Å². The molecule has 0 saturated heterocycles. The molecule has 1 aliphatic heterocycles. The van der Waals surface area contributed by atoms with Crippen molar-refractivity contribution in [3.63, 3.8) is 0 Å². The van der Waals surface area contributed by atoms with Crippen molar-refractivity contribution in [2.45, 2.75) is 5.41 Å². The number of nitrogens with zero attached hydrogens (tertiary/aromatic N) is 3. The van der Waals surface area contributed by atoms with Crippen LogP contribution < -0.4 is 4.74 Å². The molecule has 1 aliphatic carbocycles. The third kappa shape index (κ3) is 5.29. The van der Waals surface area contributed by atoms with Crippen LogP contribution in [0.15, 0.2) is 200 Å². The first-order valence-electron chi connectivity index (χ1n) is 19.4. The fourth-order valence-electron chi connectivity index (χ4n) is 8.94. The summed E-state index contributed by atoms with van der Waals surface area (Å²) in [6, 6.07) is 71.9. The standard InChI is InChI=1S/C54H33N3O/c55-34-35-22-28-51-47(30-35)54(45-20-9-7-18-43(45)44-19-8-10-21-46(44)54)48-32-41(27-29-52(48)58-51)37-25-23-36(24-26-37)40-16-11-17-42(31-40)53-56-49(38-12-3-1-4-13-38)33-50(57-53)39-14-5-2-6-15-39/h1-33H. The molecule has 0 radical (unpaired) electrons. The summed E-state index contributed by atoms with van der Waals surface area (Å²) in [6.45, 7) is 0. The Morgan fingerprint density at radius 2 is 0.862 bits per heavy atom. The quantitative estimate of drug-likeness (QED) is 0.176.